The minimum atomic E-state index is -0.319. The predicted molar refractivity (Wildman–Crippen MR) is 93.6 cm³/mol. The molecule has 0 atom stereocenters. The number of pyridine rings is 1. The average Bonchev–Trinajstić information content (AvgIpc) is 3.34. The lowest BCUT2D eigenvalue weighted by atomic mass is 10.1. The highest BCUT2D eigenvalue weighted by Gasteiger charge is 2.22. The summed E-state index contributed by atoms with van der Waals surface area (Å²) in [5, 5.41) is 5.28. The lowest BCUT2D eigenvalue weighted by Gasteiger charge is -2.14. The van der Waals surface area contributed by atoms with Gasteiger partial charge in [0.05, 0.1) is 5.52 Å². The summed E-state index contributed by atoms with van der Waals surface area (Å²) in [6.45, 7) is 3.55. The lowest BCUT2D eigenvalue weighted by Crippen LogP contribution is -2.34. The fourth-order valence-corrected chi connectivity index (χ4v) is 3.73. The van der Waals surface area contributed by atoms with Crippen LogP contribution in [-0.4, -0.2) is 44.9 Å². The molecule has 2 aliphatic rings. The summed E-state index contributed by atoms with van der Waals surface area (Å²) < 4.78 is 13.7. The van der Waals surface area contributed by atoms with E-state index < -0.39 is 0 Å². The van der Waals surface area contributed by atoms with Crippen LogP contribution in [-0.2, 0) is 11.3 Å². The number of carbonyl (C=O) groups excluding carboxylic acids is 1. The maximum atomic E-state index is 13.0. The van der Waals surface area contributed by atoms with Crippen LogP contribution in [0.1, 0.15) is 18.4 Å². The van der Waals surface area contributed by atoms with Crippen molar-refractivity contribution in [2.75, 3.05) is 19.9 Å². The van der Waals surface area contributed by atoms with Gasteiger partial charge < -0.3 is 14.4 Å². The largest absolute Gasteiger partial charge is 0.454 e. The first kappa shape index (κ1) is 15.2. The Balaban J connectivity index is 1.66. The second-order valence-corrected chi connectivity index (χ2v) is 6.78. The SMILES string of the molecule is Cc1cc2cc3c(cc2n2c(=O)n(CC(=O)N4CCCC4)nc12)OCO3. The standard InChI is InChI=1S/C18H18N4O4/c1-11-6-12-7-14-15(26-10-25-14)8-13(12)22-17(11)19-21(18(22)24)9-16(23)20-4-2-3-5-20/h6-8H,2-5,9-10H2,1H3. The average molecular weight is 354 g/mol. The molecule has 0 unspecified atom stereocenters. The van der Waals surface area contributed by atoms with Crippen molar-refractivity contribution in [2.45, 2.75) is 26.3 Å². The van der Waals surface area contributed by atoms with Crippen molar-refractivity contribution in [3.8, 4) is 11.5 Å². The van der Waals surface area contributed by atoms with Crippen molar-refractivity contribution in [3.63, 3.8) is 0 Å². The predicted octanol–water partition coefficient (Wildman–Crippen LogP) is 1.31. The first-order valence-electron chi connectivity index (χ1n) is 8.72. The third-order valence-electron chi connectivity index (χ3n) is 5.07. The van der Waals surface area contributed by atoms with Gasteiger partial charge in [0.2, 0.25) is 12.7 Å². The normalized spacial score (nSPS) is 16.1. The maximum absolute atomic E-state index is 13.0. The van der Waals surface area contributed by atoms with E-state index in [4.69, 9.17) is 9.47 Å². The van der Waals surface area contributed by atoms with E-state index in [0.717, 1.165) is 36.9 Å². The number of nitrogens with zero attached hydrogens (tertiary/aromatic N) is 4. The topological polar surface area (TPSA) is 78.1 Å². The van der Waals surface area contributed by atoms with Gasteiger partial charge in [0, 0.05) is 24.5 Å². The Bertz CT molecular complexity index is 1110. The van der Waals surface area contributed by atoms with Gasteiger partial charge in [0.1, 0.15) is 6.54 Å². The Morgan fingerprint density at radius 3 is 2.65 bits per heavy atom. The Hall–Kier alpha value is -3.03. The molecule has 3 aromatic rings. The van der Waals surface area contributed by atoms with Gasteiger partial charge in [-0.15, -0.1) is 5.10 Å². The van der Waals surface area contributed by atoms with Gasteiger partial charge in [0.25, 0.3) is 0 Å². The number of aromatic nitrogens is 3. The Morgan fingerprint density at radius 1 is 1.15 bits per heavy atom. The van der Waals surface area contributed by atoms with Gasteiger partial charge >= 0.3 is 5.69 Å². The summed E-state index contributed by atoms with van der Waals surface area (Å²) in [6, 6.07) is 5.62. The van der Waals surface area contributed by atoms with E-state index in [1.54, 1.807) is 15.4 Å². The zero-order valence-corrected chi connectivity index (χ0v) is 14.4. The van der Waals surface area contributed by atoms with Crippen LogP contribution in [0.3, 0.4) is 0 Å². The fourth-order valence-electron chi connectivity index (χ4n) is 3.73. The van der Waals surface area contributed by atoms with Crippen LogP contribution >= 0.6 is 0 Å². The van der Waals surface area contributed by atoms with Crippen molar-refractivity contribution in [3.05, 3.63) is 34.2 Å². The second-order valence-electron chi connectivity index (χ2n) is 6.78. The Kier molecular flexibility index (Phi) is 3.22. The third kappa shape index (κ3) is 2.18. The number of benzene rings is 1. The minimum Gasteiger partial charge on any atom is -0.454 e. The zero-order valence-electron chi connectivity index (χ0n) is 14.4. The van der Waals surface area contributed by atoms with E-state index in [9.17, 15) is 9.59 Å². The number of likely N-dealkylation sites (tertiary alicyclic amines) is 1. The summed E-state index contributed by atoms with van der Waals surface area (Å²) in [6.07, 6.45) is 2.03. The molecule has 134 valence electrons. The highest BCUT2D eigenvalue weighted by atomic mass is 16.7. The molecule has 1 fully saturated rings. The molecule has 26 heavy (non-hydrogen) atoms. The van der Waals surface area contributed by atoms with Crippen LogP contribution in [0.15, 0.2) is 23.0 Å². The number of carbonyl (C=O) groups is 1. The zero-order chi connectivity index (χ0) is 17.8. The van der Waals surface area contributed by atoms with Crippen molar-refractivity contribution in [1.82, 2.24) is 19.1 Å². The van der Waals surface area contributed by atoms with Crippen LogP contribution in [0.2, 0.25) is 0 Å². The van der Waals surface area contributed by atoms with Crippen molar-refractivity contribution < 1.29 is 14.3 Å². The molecule has 5 rings (SSSR count). The molecule has 1 saturated heterocycles. The first-order chi connectivity index (χ1) is 12.6. The maximum Gasteiger partial charge on any atom is 0.351 e. The number of amides is 1. The number of hydrogen-bond donors (Lipinski definition) is 0. The molecule has 0 spiro atoms. The molecular formula is C18H18N4O4. The van der Waals surface area contributed by atoms with E-state index in [-0.39, 0.29) is 24.9 Å². The first-order valence-corrected chi connectivity index (χ1v) is 8.72. The molecule has 1 aromatic carbocycles. The fraction of sp³-hybridized carbons (Fsp3) is 0.389. The summed E-state index contributed by atoms with van der Waals surface area (Å²) in [7, 11) is 0. The molecule has 4 heterocycles. The van der Waals surface area contributed by atoms with Gasteiger partial charge in [-0.05, 0) is 37.5 Å². The second kappa shape index (κ2) is 5.48. The van der Waals surface area contributed by atoms with E-state index in [2.05, 4.69) is 5.10 Å². The molecule has 0 aliphatic carbocycles. The summed E-state index contributed by atoms with van der Waals surface area (Å²) >= 11 is 0. The van der Waals surface area contributed by atoms with E-state index in [1.807, 2.05) is 19.1 Å². The van der Waals surface area contributed by atoms with Crippen LogP contribution in [0.5, 0.6) is 11.5 Å². The molecule has 0 saturated carbocycles. The third-order valence-corrected chi connectivity index (χ3v) is 5.07. The summed E-state index contributed by atoms with van der Waals surface area (Å²) in [5.74, 6) is 1.21. The van der Waals surface area contributed by atoms with Gasteiger partial charge in [-0.3, -0.25) is 4.79 Å². The number of hydrogen-bond acceptors (Lipinski definition) is 5. The van der Waals surface area contributed by atoms with Crippen LogP contribution < -0.4 is 15.2 Å². The van der Waals surface area contributed by atoms with Crippen LogP contribution in [0, 0.1) is 6.92 Å². The van der Waals surface area contributed by atoms with Gasteiger partial charge in [-0.25, -0.2) is 13.9 Å². The molecular weight excluding hydrogens is 336 g/mol. The van der Waals surface area contributed by atoms with E-state index >= 15 is 0 Å². The van der Waals surface area contributed by atoms with Crippen molar-refractivity contribution in [2.24, 2.45) is 0 Å². The minimum absolute atomic E-state index is 0.0357. The Morgan fingerprint density at radius 2 is 1.88 bits per heavy atom. The smallest absolute Gasteiger partial charge is 0.351 e. The summed E-state index contributed by atoms with van der Waals surface area (Å²) in [5.41, 5.74) is 1.79. The highest BCUT2D eigenvalue weighted by Crippen LogP contribution is 2.36. The molecule has 8 nitrogen and oxygen atoms in total. The number of rotatable bonds is 2. The number of fused-ring (bicyclic) bond motifs is 4. The van der Waals surface area contributed by atoms with Crippen LogP contribution in [0.25, 0.3) is 16.6 Å². The number of aryl methyl sites for hydroxylation is 1. The van der Waals surface area contributed by atoms with Crippen LogP contribution in [0.4, 0.5) is 0 Å². The Labute approximate surface area is 148 Å². The molecule has 8 heteroatoms. The lowest BCUT2D eigenvalue weighted by molar-refractivity contribution is -0.131. The van der Waals surface area contributed by atoms with Gasteiger partial charge in [-0.1, -0.05) is 0 Å². The monoisotopic (exact) mass is 354 g/mol. The summed E-state index contributed by atoms with van der Waals surface area (Å²) in [4.78, 5) is 27.2. The quantitative estimate of drug-likeness (QED) is 0.693. The molecule has 2 aromatic heterocycles. The van der Waals surface area contributed by atoms with Crippen molar-refractivity contribution >= 4 is 22.5 Å². The molecule has 0 bridgehead atoms. The molecule has 1 amide bonds. The molecule has 0 radical (unpaired) electrons. The van der Waals surface area contributed by atoms with Crippen molar-refractivity contribution in [1.29, 1.82) is 0 Å². The molecule has 2 aliphatic heterocycles. The van der Waals surface area contributed by atoms with Gasteiger partial charge in [0.15, 0.2) is 17.1 Å². The highest BCUT2D eigenvalue weighted by molar-refractivity contribution is 5.87. The number of ether oxygens (including phenoxy) is 2. The van der Waals surface area contributed by atoms with E-state index in [0.29, 0.717) is 22.7 Å². The molecule has 0 N–H and O–H groups in total. The van der Waals surface area contributed by atoms with E-state index in [1.165, 1.54) is 4.68 Å². The van der Waals surface area contributed by atoms with Gasteiger partial charge in [-0.2, -0.15) is 0 Å².